The van der Waals surface area contributed by atoms with Gasteiger partial charge in [-0.25, -0.2) is 4.98 Å². The van der Waals surface area contributed by atoms with Crippen molar-refractivity contribution in [2.75, 3.05) is 20.0 Å². The minimum Gasteiger partial charge on any atom is -0.383 e. The molecule has 0 aliphatic carbocycles. The standard InChI is InChI=1S/C11H16N2O2S2/c1-7-6-8-9(17-7)10(14)13(4-5-15-2)11(12-8)16-3/h7H,4-6H2,1-3H3/t7-/m0/s1. The molecule has 0 unspecified atom stereocenters. The zero-order valence-electron chi connectivity index (χ0n) is 10.2. The number of hydrogen-bond acceptors (Lipinski definition) is 5. The van der Waals surface area contributed by atoms with E-state index in [-0.39, 0.29) is 5.56 Å². The van der Waals surface area contributed by atoms with Crippen LogP contribution in [-0.4, -0.2) is 34.8 Å². The zero-order chi connectivity index (χ0) is 12.4. The van der Waals surface area contributed by atoms with E-state index in [0.717, 1.165) is 22.2 Å². The molecule has 0 aromatic carbocycles. The van der Waals surface area contributed by atoms with Crippen molar-refractivity contribution in [3.05, 3.63) is 16.0 Å². The predicted octanol–water partition coefficient (Wildman–Crippen LogP) is 1.65. The maximum absolute atomic E-state index is 12.3. The molecule has 0 N–H and O–H groups in total. The summed E-state index contributed by atoms with van der Waals surface area (Å²) >= 11 is 3.15. The number of fused-ring (bicyclic) bond motifs is 1. The zero-order valence-corrected chi connectivity index (χ0v) is 11.9. The molecule has 1 atom stereocenters. The molecule has 0 amide bonds. The third kappa shape index (κ3) is 2.53. The van der Waals surface area contributed by atoms with Crippen molar-refractivity contribution >= 4 is 23.5 Å². The van der Waals surface area contributed by atoms with Crippen molar-refractivity contribution < 1.29 is 4.74 Å². The Morgan fingerprint density at radius 2 is 2.41 bits per heavy atom. The highest BCUT2D eigenvalue weighted by Crippen LogP contribution is 2.33. The Kier molecular flexibility index (Phi) is 4.17. The fraction of sp³-hybridized carbons (Fsp3) is 0.636. The van der Waals surface area contributed by atoms with Gasteiger partial charge in [0, 0.05) is 18.8 Å². The molecule has 0 fully saturated rings. The lowest BCUT2D eigenvalue weighted by molar-refractivity contribution is 0.182. The van der Waals surface area contributed by atoms with Crippen molar-refractivity contribution in [2.45, 2.75) is 35.2 Å². The van der Waals surface area contributed by atoms with Crippen LogP contribution in [0.25, 0.3) is 0 Å². The summed E-state index contributed by atoms with van der Waals surface area (Å²) in [4.78, 5) is 17.7. The van der Waals surface area contributed by atoms with Crippen LogP contribution in [0.2, 0.25) is 0 Å². The van der Waals surface area contributed by atoms with Crippen LogP contribution in [0.3, 0.4) is 0 Å². The van der Waals surface area contributed by atoms with Crippen LogP contribution in [0.5, 0.6) is 0 Å². The lowest BCUT2D eigenvalue weighted by Gasteiger charge is -2.11. The van der Waals surface area contributed by atoms with E-state index in [0.29, 0.717) is 18.4 Å². The molecule has 2 heterocycles. The van der Waals surface area contributed by atoms with E-state index in [9.17, 15) is 4.79 Å². The average Bonchev–Trinajstić information content (AvgIpc) is 2.68. The molecule has 0 saturated heterocycles. The molecule has 1 aliphatic heterocycles. The summed E-state index contributed by atoms with van der Waals surface area (Å²) in [7, 11) is 1.64. The maximum Gasteiger partial charge on any atom is 0.268 e. The van der Waals surface area contributed by atoms with Gasteiger partial charge in [0.05, 0.1) is 23.7 Å². The maximum atomic E-state index is 12.3. The highest BCUT2D eigenvalue weighted by molar-refractivity contribution is 8.00. The molecular formula is C11H16N2O2S2. The van der Waals surface area contributed by atoms with Crippen LogP contribution in [0, 0.1) is 0 Å². The molecule has 1 aromatic rings. The van der Waals surface area contributed by atoms with Gasteiger partial charge in [0.2, 0.25) is 0 Å². The number of aromatic nitrogens is 2. The Morgan fingerprint density at radius 1 is 1.65 bits per heavy atom. The molecule has 94 valence electrons. The summed E-state index contributed by atoms with van der Waals surface area (Å²) in [5.41, 5.74) is 1.05. The molecule has 1 aromatic heterocycles. The van der Waals surface area contributed by atoms with Crippen LogP contribution in [0.4, 0.5) is 0 Å². The Bertz CT molecular complexity index is 473. The van der Waals surface area contributed by atoms with Crippen molar-refractivity contribution in [2.24, 2.45) is 0 Å². The average molecular weight is 272 g/mol. The number of nitrogens with zero attached hydrogens (tertiary/aromatic N) is 2. The van der Waals surface area contributed by atoms with Gasteiger partial charge in [0.1, 0.15) is 0 Å². The van der Waals surface area contributed by atoms with Crippen molar-refractivity contribution in [1.29, 1.82) is 0 Å². The van der Waals surface area contributed by atoms with E-state index in [1.807, 2.05) is 6.26 Å². The second-order valence-electron chi connectivity index (χ2n) is 3.96. The van der Waals surface area contributed by atoms with Gasteiger partial charge in [-0.15, -0.1) is 11.8 Å². The molecule has 0 bridgehead atoms. The van der Waals surface area contributed by atoms with E-state index >= 15 is 0 Å². The number of thioether (sulfide) groups is 2. The van der Waals surface area contributed by atoms with Gasteiger partial charge in [0.15, 0.2) is 5.16 Å². The van der Waals surface area contributed by atoms with Gasteiger partial charge in [-0.1, -0.05) is 18.7 Å². The van der Waals surface area contributed by atoms with Crippen LogP contribution >= 0.6 is 23.5 Å². The van der Waals surface area contributed by atoms with Gasteiger partial charge in [0.25, 0.3) is 5.56 Å². The summed E-state index contributed by atoms with van der Waals surface area (Å²) in [5, 5.41) is 1.25. The van der Waals surface area contributed by atoms with E-state index in [2.05, 4.69) is 11.9 Å². The first-order valence-electron chi connectivity index (χ1n) is 5.50. The third-order valence-electron chi connectivity index (χ3n) is 2.66. The number of methoxy groups -OCH3 is 1. The second kappa shape index (κ2) is 5.46. The minimum atomic E-state index is 0.0887. The second-order valence-corrected chi connectivity index (χ2v) is 6.18. The summed E-state index contributed by atoms with van der Waals surface area (Å²) in [6.45, 7) is 3.24. The van der Waals surface area contributed by atoms with Crippen molar-refractivity contribution in [1.82, 2.24) is 9.55 Å². The van der Waals surface area contributed by atoms with Gasteiger partial charge in [-0.2, -0.15) is 0 Å². The lowest BCUT2D eigenvalue weighted by atomic mass is 10.2. The van der Waals surface area contributed by atoms with Crippen LogP contribution < -0.4 is 5.56 Å². The molecular weight excluding hydrogens is 256 g/mol. The fourth-order valence-corrected chi connectivity index (χ4v) is 3.58. The Balaban J connectivity index is 2.45. The monoisotopic (exact) mass is 272 g/mol. The SMILES string of the molecule is COCCn1c(SC)nc2c(c1=O)S[C@@H](C)C2. The van der Waals surface area contributed by atoms with E-state index in [4.69, 9.17) is 4.74 Å². The van der Waals surface area contributed by atoms with E-state index in [1.165, 1.54) is 11.8 Å². The molecule has 1 aliphatic rings. The smallest absolute Gasteiger partial charge is 0.268 e. The Hall–Kier alpha value is -0.460. The van der Waals surface area contributed by atoms with Crippen LogP contribution in [0.15, 0.2) is 14.8 Å². The Morgan fingerprint density at radius 3 is 3.06 bits per heavy atom. The number of rotatable bonds is 4. The minimum absolute atomic E-state index is 0.0887. The summed E-state index contributed by atoms with van der Waals surface area (Å²) in [6, 6.07) is 0. The molecule has 0 spiro atoms. The summed E-state index contributed by atoms with van der Waals surface area (Å²) in [5.74, 6) is 0. The van der Waals surface area contributed by atoms with E-state index in [1.54, 1.807) is 23.4 Å². The normalized spacial score (nSPS) is 18.4. The molecule has 6 heteroatoms. The van der Waals surface area contributed by atoms with Crippen molar-refractivity contribution in [3.8, 4) is 0 Å². The third-order valence-corrected chi connectivity index (χ3v) is 4.56. The summed E-state index contributed by atoms with van der Waals surface area (Å²) < 4.78 is 6.76. The largest absolute Gasteiger partial charge is 0.383 e. The predicted molar refractivity (Wildman–Crippen MR) is 71.2 cm³/mol. The molecule has 0 saturated carbocycles. The highest BCUT2D eigenvalue weighted by atomic mass is 32.2. The Labute approximate surface area is 109 Å². The first-order valence-corrected chi connectivity index (χ1v) is 7.61. The van der Waals surface area contributed by atoms with Gasteiger partial charge in [-0.3, -0.25) is 9.36 Å². The topological polar surface area (TPSA) is 44.1 Å². The fourth-order valence-electron chi connectivity index (χ4n) is 1.87. The molecule has 4 nitrogen and oxygen atoms in total. The quantitative estimate of drug-likeness (QED) is 0.616. The number of ether oxygens (including phenoxy) is 1. The van der Waals surface area contributed by atoms with Gasteiger partial charge >= 0.3 is 0 Å². The lowest BCUT2D eigenvalue weighted by Crippen LogP contribution is -2.26. The molecule has 17 heavy (non-hydrogen) atoms. The first-order chi connectivity index (χ1) is 8.17. The molecule has 0 radical (unpaired) electrons. The first kappa shape index (κ1) is 13.0. The summed E-state index contributed by atoms with van der Waals surface area (Å²) in [6.07, 6.45) is 2.84. The van der Waals surface area contributed by atoms with Gasteiger partial charge < -0.3 is 4.74 Å². The highest BCUT2D eigenvalue weighted by Gasteiger charge is 2.25. The number of hydrogen-bond donors (Lipinski definition) is 0. The molecule has 2 rings (SSSR count). The van der Waals surface area contributed by atoms with E-state index < -0.39 is 0 Å². The van der Waals surface area contributed by atoms with Gasteiger partial charge in [-0.05, 0) is 6.26 Å². The van der Waals surface area contributed by atoms with Crippen molar-refractivity contribution in [3.63, 3.8) is 0 Å². The van der Waals surface area contributed by atoms with Crippen LogP contribution in [0.1, 0.15) is 12.6 Å². The van der Waals surface area contributed by atoms with Crippen LogP contribution in [-0.2, 0) is 17.7 Å².